The molecule has 124 valence electrons. The largest absolute Gasteiger partial charge is 0.313 e. The minimum Gasteiger partial charge on any atom is -0.313 e. The van der Waals surface area contributed by atoms with Crippen LogP contribution < -0.4 is 5.32 Å². The Morgan fingerprint density at radius 2 is 1.71 bits per heavy atom. The van der Waals surface area contributed by atoms with Crippen molar-refractivity contribution in [1.29, 1.82) is 0 Å². The second kappa shape index (κ2) is 9.12. The number of rotatable bonds is 8. The van der Waals surface area contributed by atoms with Gasteiger partial charge in [-0.2, -0.15) is 0 Å². The molecule has 3 heteroatoms. The number of likely N-dealkylation sites (tertiary alicyclic amines) is 2. The van der Waals surface area contributed by atoms with Gasteiger partial charge in [0, 0.05) is 25.2 Å². The van der Waals surface area contributed by atoms with Gasteiger partial charge in [-0.3, -0.25) is 4.90 Å². The van der Waals surface area contributed by atoms with E-state index in [9.17, 15) is 0 Å². The Hall–Kier alpha value is -0.120. The molecule has 1 N–H and O–H groups in total. The van der Waals surface area contributed by atoms with E-state index in [4.69, 9.17) is 0 Å². The fourth-order valence-corrected chi connectivity index (χ4v) is 3.95. The molecule has 0 aromatic heterocycles. The third-order valence-electron chi connectivity index (χ3n) is 5.26. The molecular formula is C18H37N3. The monoisotopic (exact) mass is 295 g/mol. The van der Waals surface area contributed by atoms with Crippen molar-refractivity contribution in [2.45, 2.75) is 71.4 Å². The summed E-state index contributed by atoms with van der Waals surface area (Å²) in [7, 11) is 0. The Morgan fingerprint density at radius 3 is 2.29 bits per heavy atom. The van der Waals surface area contributed by atoms with Crippen molar-refractivity contribution < 1.29 is 0 Å². The Labute approximate surface area is 132 Å². The summed E-state index contributed by atoms with van der Waals surface area (Å²) in [5.41, 5.74) is 0. The van der Waals surface area contributed by atoms with Crippen molar-refractivity contribution in [1.82, 2.24) is 15.1 Å². The Balaban J connectivity index is 1.71. The van der Waals surface area contributed by atoms with E-state index >= 15 is 0 Å². The van der Waals surface area contributed by atoms with Crippen molar-refractivity contribution in [2.24, 2.45) is 5.92 Å². The lowest BCUT2D eigenvalue weighted by Crippen LogP contribution is -2.48. The first kappa shape index (κ1) is 17.2. The highest BCUT2D eigenvalue weighted by molar-refractivity contribution is 4.82. The lowest BCUT2D eigenvalue weighted by Gasteiger charge is -2.39. The summed E-state index contributed by atoms with van der Waals surface area (Å²) >= 11 is 0. The number of hydrogen-bond acceptors (Lipinski definition) is 3. The highest BCUT2D eigenvalue weighted by atomic mass is 15.2. The minimum atomic E-state index is 0.608. The first-order valence-corrected chi connectivity index (χ1v) is 9.38. The second-order valence-electron chi connectivity index (χ2n) is 7.49. The number of piperidine rings is 1. The highest BCUT2D eigenvalue weighted by Gasteiger charge is 2.26. The molecule has 3 nitrogen and oxygen atoms in total. The second-order valence-corrected chi connectivity index (χ2v) is 7.49. The zero-order chi connectivity index (χ0) is 15.1. The molecule has 0 aliphatic carbocycles. The van der Waals surface area contributed by atoms with E-state index in [-0.39, 0.29) is 0 Å². The lowest BCUT2D eigenvalue weighted by atomic mass is 9.94. The van der Waals surface area contributed by atoms with Gasteiger partial charge in [0.05, 0.1) is 0 Å². The summed E-state index contributed by atoms with van der Waals surface area (Å²) < 4.78 is 0. The van der Waals surface area contributed by atoms with Crippen LogP contribution in [0.2, 0.25) is 0 Å². The molecule has 0 amide bonds. The zero-order valence-corrected chi connectivity index (χ0v) is 14.6. The molecule has 0 spiro atoms. The SMILES string of the molecule is CCCC(CNC(C)C)N1CCC(CN2CCCC2)CC1. The van der Waals surface area contributed by atoms with Gasteiger partial charge in [-0.25, -0.2) is 0 Å². The molecule has 0 radical (unpaired) electrons. The molecule has 0 saturated carbocycles. The van der Waals surface area contributed by atoms with E-state index in [1.807, 2.05) is 0 Å². The molecule has 0 bridgehead atoms. The maximum absolute atomic E-state index is 3.65. The normalized spacial score (nSPS) is 24.0. The summed E-state index contributed by atoms with van der Waals surface area (Å²) in [6.45, 7) is 14.7. The molecule has 1 unspecified atom stereocenters. The molecule has 2 aliphatic rings. The molecule has 2 rings (SSSR count). The smallest absolute Gasteiger partial charge is 0.0220 e. The maximum Gasteiger partial charge on any atom is 0.0220 e. The van der Waals surface area contributed by atoms with Gasteiger partial charge in [0.25, 0.3) is 0 Å². The van der Waals surface area contributed by atoms with Crippen LogP contribution in [0.25, 0.3) is 0 Å². The quantitative estimate of drug-likeness (QED) is 0.743. The average molecular weight is 296 g/mol. The summed E-state index contributed by atoms with van der Waals surface area (Å²) in [5, 5.41) is 3.65. The van der Waals surface area contributed by atoms with Gasteiger partial charge in [0.1, 0.15) is 0 Å². The van der Waals surface area contributed by atoms with Gasteiger partial charge in [0.15, 0.2) is 0 Å². The number of nitrogens with zero attached hydrogens (tertiary/aromatic N) is 2. The van der Waals surface area contributed by atoms with E-state index in [0.29, 0.717) is 6.04 Å². The first-order chi connectivity index (χ1) is 10.2. The fraction of sp³-hybridized carbons (Fsp3) is 1.00. The Bertz CT molecular complexity index is 266. The Morgan fingerprint density at radius 1 is 1.05 bits per heavy atom. The van der Waals surface area contributed by atoms with Crippen molar-refractivity contribution in [3.8, 4) is 0 Å². The molecule has 21 heavy (non-hydrogen) atoms. The predicted octanol–water partition coefficient (Wildman–Crippen LogP) is 2.96. The van der Waals surface area contributed by atoms with Crippen LogP contribution in [0.4, 0.5) is 0 Å². The molecule has 2 saturated heterocycles. The average Bonchev–Trinajstić information content (AvgIpc) is 2.97. The first-order valence-electron chi connectivity index (χ1n) is 9.38. The standard InChI is InChI=1S/C18H37N3/c1-4-7-18(14-19-16(2)3)21-12-8-17(9-13-21)15-20-10-5-6-11-20/h16-19H,4-15H2,1-3H3. The number of nitrogens with one attached hydrogen (secondary N) is 1. The van der Waals surface area contributed by atoms with E-state index in [2.05, 4.69) is 35.9 Å². The molecule has 1 atom stereocenters. The lowest BCUT2D eigenvalue weighted by molar-refractivity contribution is 0.108. The van der Waals surface area contributed by atoms with Crippen LogP contribution in [-0.2, 0) is 0 Å². The van der Waals surface area contributed by atoms with E-state index in [1.54, 1.807) is 0 Å². The van der Waals surface area contributed by atoms with Crippen molar-refractivity contribution in [3.05, 3.63) is 0 Å². The van der Waals surface area contributed by atoms with Gasteiger partial charge in [-0.1, -0.05) is 27.2 Å². The third kappa shape index (κ3) is 5.88. The topological polar surface area (TPSA) is 18.5 Å². The van der Waals surface area contributed by atoms with Crippen molar-refractivity contribution in [2.75, 3.05) is 39.3 Å². The third-order valence-corrected chi connectivity index (χ3v) is 5.26. The summed E-state index contributed by atoms with van der Waals surface area (Å²) in [6.07, 6.45) is 8.34. The zero-order valence-electron chi connectivity index (χ0n) is 14.6. The molecule has 2 fully saturated rings. The van der Waals surface area contributed by atoms with Crippen LogP contribution in [0.5, 0.6) is 0 Å². The van der Waals surface area contributed by atoms with Crippen LogP contribution in [0, 0.1) is 5.92 Å². The molecule has 0 aromatic carbocycles. The van der Waals surface area contributed by atoms with Gasteiger partial charge in [-0.05, 0) is 64.2 Å². The van der Waals surface area contributed by atoms with Crippen LogP contribution in [0.1, 0.15) is 59.3 Å². The number of hydrogen-bond donors (Lipinski definition) is 1. The van der Waals surface area contributed by atoms with Gasteiger partial charge in [-0.15, -0.1) is 0 Å². The predicted molar refractivity (Wildman–Crippen MR) is 91.8 cm³/mol. The highest BCUT2D eigenvalue weighted by Crippen LogP contribution is 2.23. The van der Waals surface area contributed by atoms with Crippen molar-refractivity contribution >= 4 is 0 Å². The van der Waals surface area contributed by atoms with E-state index in [0.717, 1.165) is 12.0 Å². The fourth-order valence-electron chi connectivity index (χ4n) is 3.95. The van der Waals surface area contributed by atoms with E-state index in [1.165, 1.54) is 77.8 Å². The van der Waals surface area contributed by atoms with E-state index < -0.39 is 0 Å². The molecule has 0 aromatic rings. The maximum atomic E-state index is 3.65. The van der Waals surface area contributed by atoms with Gasteiger partial charge in [0.2, 0.25) is 0 Å². The summed E-state index contributed by atoms with van der Waals surface area (Å²) in [4.78, 5) is 5.46. The van der Waals surface area contributed by atoms with Crippen LogP contribution in [0.3, 0.4) is 0 Å². The van der Waals surface area contributed by atoms with Crippen molar-refractivity contribution in [3.63, 3.8) is 0 Å². The summed E-state index contributed by atoms with van der Waals surface area (Å²) in [6, 6.07) is 1.36. The van der Waals surface area contributed by atoms with Crippen LogP contribution >= 0.6 is 0 Å². The molecule has 2 aliphatic heterocycles. The minimum absolute atomic E-state index is 0.608. The molecular weight excluding hydrogens is 258 g/mol. The Kier molecular flexibility index (Phi) is 7.48. The van der Waals surface area contributed by atoms with Crippen LogP contribution in [-0.4, -0.2) is 61.2 Å². The van der Waals surface area contributed by atoms with Gasteiger partial charge >= 0.3 is 0 Å². The molecule has 2 heterocycles. The van der Waals surface area contributed by atoms with Gasteiger partial charge < -0.3 is 10.2 Å². The van der Waals surface area contributed by atoms with Crippen LogP contribution in [0.15, 0.2) is 0 Å². The summed E-state index contributed by atoms with van der Waals surface area (Å²) in [5.74, 6) is 0.958.